The van der Waals surface area contributed by atoms with Crippen LogP contribution in [0, 0.1) is 0 Å². The zero-order chi connectivity index (χ0) is 11.3. The Bertz CT molecular complexity index is 262. The SMILES string of the molecule is CC(C)N(CCO)C(CN)c1ccsc1. The molecule has 86 valence electrons. The Labute approximate surface area is 95.5 Å². The van der Waals surface area contributed by atoms with Crippen LogP contribution in [0.1, 0.15) is 25.5 Å². The van der Waals surface area contributed by atoms with E-state index >= 15 is 0 Å². The van der Waals surface area contributed by atoms with E-state index in [0.29, 0.717) is 19.1 Å². The standard InChI is InChI=1S/C11H20N2OS/c1-9(2)13(4-5-14)11(7-12)10-3-6-15-8-10/h3,6,8-9,11,14H,4-5,7,12H2,1-2H3. The van der Waals surface area contributed by atoms with Gasteiger partial charge in [-0.25, -0.2) is 0 Å². The van der Waals surface area contributed by atoms with Crippen LogP contribution >= 0.6 is 11.3 Å². The van der Waals surface area contributed by atoms with Gasteiger partial charge in [-0.3, -0.25) is 4.90 Å². The average molecular weight is 228 g/mol. The van der Waals surface area contributed by atoms with E-state index in [1.165, 1.54) is 5.56 Å². The highest BCUT2D eigenvalue weighted by atomic mass is 32.1. The van der Waals surface area contributed by atoms with Crippen molar-refractivity contribution in [1.29, 1.82) is 0 Å². The molecule has 0 aliphatic carbocycles. The number of thiophene rings is 1. The number of nitrogens with zero attached hydrogens (tertiary/aromatic N) is 1. The molecule has 0 bridgehead atoms. The Morgan fingerprint density at radius 3 is 2.67 bits per heavy atom. The first-order chi connectivity index (χ1) is 7.20. The molecule has 0 aliphatic heterocycles. The van der Waals surface area contributed by atoms with Crippen molar-refractivity contribution < 1.29 is 5.11 Å². The maximum absolute atomic E-state index is 9.05. The maximum atomic E-state index is 9.05. The smallest absolute Gasteiger partial charge is 0.0558 e. The lowest BCUT2D eigenvalue weighted by Crippen LogP contribution is -2.40. The quantitative estimate of drug-likeness (QED) is 0.775. The molecule has 15 heavy (non-hydrogen) atoms. The Hall–Kier alpha value is -0.420. The summed E-state index contributed by atoms with van der Waals surface area (Å²) in [7, 11) is 0. The number of aliphatic hydroxyl groups excluding tert-OH is 1. The lowest BCUT2D eigenvalue weighted by molar-refractivity contribution is 0.121. The van der Waals surface area contributed by atoms with Crippen LogP contribution in [-0.4, -0.2) is 35.7 Å². The molecule has 0 spiro atoms. The number of hydrogen-bond donors (Lipinski definition) is 2. The summed E-state index contributed by atoms with van der Waals surface area (Å²) in [4.78, 5) is 2.24. The van der Waals surface area contributed by atoms with E-state index in [-0.39, 0.29) is 12.6 Å². The lowest BCUT2D eigenvalue weighted by atomic mass is 10.1. The normalized spacial score (nSPS) is 13.7. The van der Waals surface area contributed by atoms with Gasteiger partial charge in [-0.05, 0) is 36.2 Å². The lowest BCUT2D eigenvalue weighted by Gasteiger charge is -2.33. The summed E-state index contributed by atoms with van der Waals surface area (Å²) in [5, 5.41) is 13.2. The summed E-state index contributed by atoms with van der Waals surface area (Å²) in [6.07, 6.45) is 0. The molecule has 3 N–H and O–H groups in total. The highest BCUT2D eigenvalue weighted by Crippen LogP contribution is 2.23. The highest BCUT2D eigenvalue weighted by molar-refractivity contribution is 7.07. The minimum absolute atomic E-state index is 0.179. The molecule has 3 nitrogen and oxygen atoms in total. The Morgan fingerprint density at radius 1 is 1.53 bits per heavy atom. The van der Waals surface area contributed by atoms with E-state index in [2.05, 4.69) is 35.6 Å². The van der Waals surface area contributed by atoms with Crippen molar-refractivity contribution in [3.63, 3.8) is 0 Å². The molecule has 0 fully saturated rings. The van der Waals surface area contributed by atoms with Crippen molar-refractivity contribution in [2.45, 2.75) is 25.9 Å². The fraction of sp³-hybridized carbons (Fsp3) is 0.636. The fourth-order valence-corrected chi connectivity index (χ4v) is 2.52. The zero-order valence-corrected chi connectivity index (χ0v) is 10.2. The Balaban J connectivity index is 2.78. The van der Waals surface area contributed by atoms with Crippen molar-refractivity contribution in [2.75, 3.05) is 19.7 Å². The molecule has 0 aliphatic rings. The van der Waals surface area contributed by atoms with Crippen LogP contribution < -0.4 is 5.73 Å². The van der Waals surface area contributed by atoms with Crippen LogP contribution in [-0.2, 0) is 0 Å². The van der Waals surface area contributed by atoms with Crippen molar-refractivity contribution in [2.24, 2.45) is 5.73 Å². The topological polar surface area (TPSA) is 49.5 Å². The Morgan fingerprint density at radius 2 is 2.27 bits per heavy atom. The summed E-state index contributed by atoms with van der Waals surface area (Å²) >= 11 is 1.69. The second kappa shape index (κ2) is 6.23. The van der Waals surface area contributed by atoms with E-state index in [4.69, 9.17) is 10.8 Å². The second-order valence-corrected chi connectivity index (χ2v) is 4.64. The van der Waals surface area contributed by atoms with Gasteiger partial charge in [-0.2, -0.15) is 11.3 Å². The number of aliphatic hydroxyl groups is 1. The Kier molecular flexibility index (Phi) is 5.25. The van der Waals surface area contributed by atoms with Gasteiger partial charge in [0, 0.05) is 25.2 Å². The van der Waals surface area contributed by atoms with E-state index in [0.717, 1.165) is 0 Å². The van der Waals surface area contributed by atoms with E-state index in [1.54, 1.807) is 11.3 Å². The summed E-state index contributed by atoms with van der Waals surface area (Å²) in [5.74, 6) is 0. The molecule has 4 heteroatoms. The molecule has 1 atom stereocenters. The van der Waals surface area contributed by atoms with Crippen molar-refractivity contribution in [3.05, 3.63) is 22.4 Å². The average Bonchev–Trinajstić information content (AvgIpc) is 2.71. The first-order valence-electron chi connectivity index (χ1n) is 5.29. The number of hydrogen-bond acceptors (Lipinski definition) is 4. The van der Waals surface area contributed by atoms with E-state index in [9.17, 15) is 0 Å². The molecule has 0 aromatic carbocycles. The summed E-state index contributed by atoms with van der Waals surface area (Å²) in [6, 6.07) is 2.73. The number of rotatable bonds is 6. The predicted octanol–water partition coefficient (Wildman–Crippen LogP) is 1.45. The first kappa shape index (κ1) is 12.6. The zero-order valence-electron chi connectivity index (χ0n) is 9.39. The van der Waals surface area contributed by atoms with Crippen LogP contribution in [0.25, 0.3) is 0 Å². The van der Waals surface area contributed by atoms with Gasteiger partial charge in [-0.15, -0.1) is 0 Å². The highest BCUT2D eigenvalue weighted by Gasteiger charge is 2.21. The van der Waals surface area contributed by atoms with Gasteiger partial charge in [0.1, 0.15) is 0 Å². The van der Waals surface area contributed by atoms with Gasteiger partial charge in [0.15, 0.2) is 0 Å². The third-order valence-electron chi connectivity index (χ3n) is 2.57. The third-order valence-corrected chi connectivity index (χ3v) is 3.27. The van der Waals surface area contributed by atoms with E-state index in [1.807, 2.05) is 0 Å². The first-order valence-corrected chi connectivity index (χ1v) is 6.23. The van der Waals surface area contributed by atoms with Gasteiger partial charge in [-0.1, -0.05) is 0 Å². The van der Waals surface area contributed by atoms with Crippen LogP contribution in [0.2, 0.25) is 0 Å². The molecular weight excluding hydrogens is 208 g/mol. The minimum Gasteiger partial charge on any atom is -0.395 e. The monoisotopic (exact) mass is 228 g/mol. The molecule has 1 unspecified atom stereocenters. The number of nitrogens with two attached hydrogens (primary N) is 1. The van der Waals surface area contributed by atoms with Crippen molar-refractivity contribution >= 4 is 11.3 Å². The predicted molar refractivity (Wildman–Crippen MR) is 65.0 cm³/mol. The van der Waals surface area contributed by atoms with Gasteiger partial charge in [0.2, 0.25) is 0 Å². The van der Waals surface area contributed by atoms with Crippen molar-refractivity contribution in [1.82, 2.24) is 4.90 Å². The summed E-state index contributed by atoms with van der Waals surface area (Å²) in [5.41, 5.74) is 7.07. The molecule has 1 aromatic rings. The molecule has 1 aromatic heterocycles. The summed E-state index contributed by atoms with van der Waals surface area (Å²) in [6.45, 7) is 5.71. The molecule has 0 amide bonds. The molecule has 0 radical (unpaired) electrons. The van der Waals surface area contributed by atoms with Crippen LogP contribution in [0.4, 0.5) is 0 Å². The molecular formula is C11H20N2OS. The molecule has 1 rings (SSSR count). The van der Waals surface area contributed by atoms with Crippen LogP contribution in [0.15, 0.2) is 16.8 Å². The fourth-order valence-electron chi connectivity index (χ4n) is 1.82. The molecule has 1 heterocycles. The van der Waals surface area contributed by atoms with Crippen LogP contribution in [0.3, 0.4) is 0 Å². The third kappa shape index (κ3) is 3.28. The van der Waals surface area contributed by atoms with Gasteiger partial charge in [0.05, 0.1) is 6.61 Å². The van der Waals surface area contributed by atoms with Gasteiger partial charge < -0.3 is 10.8 Å². The maximum Gasteiger partial charge on any atom is 0.0558 e. The second-order valence-electron chi connectivity index (χ2n) is 3.86. The largest absolute Gasteiger partial charge is 0.395 e. The molecule has 0 saturated heterocycles. The van der Waals surface area contributed by atoms with E-state index < -0.39 is 0 Å². The summed E-state index contributed by atoms with van der Waals surface area (Å²) < 4.78 is 0. The molecule has 0 saturated carbocycles. The van der Waals surface area contributed by atoms with Gasteiger partial charge >= 0.3 is 0 Å². The minimum atomic E-state index is 0.179. The van der Waals surface area contributed by atoms with Crippen molar-refractivity contribution in [3.8, 4) is 0 Å². The van der Waals surface area contributed by atoms with Gasteiger partial charge in [0.25, 0.3) is 0 Å². The van der Waals surface area contributed by atoms with Crippen LogP contribution in [0.5, 0.6) is 0 Å².